The summed E-state index contributed by atoms with van der Waals surface area (Å²) in [5.74, 6) is 3.26. The van der Waals surface area contributed by atoms with E-state index in [1.54, 1.807) is 0 Å². The Morgan fingerprint density at radius 2 is 2.11 bits per heavy atom. The molecule has 19 heavy (non-hydrogen) atoms. The molecule has 2 heterocycles. The van der Waals surface area contributed by atoms with Gasteiger partial charge in [0.05, 0.1) is 12.7 Å². The van der Waals surface area contributed by atoms with Crippen LogP contribution in [-0.2, 0) is 16.4 Å². The fourth-order valence-electron chi connectivity index (χ4n) is 2.05. The third-order valence-electron chi connectivity index (χ3n) is 3.20. The first-order valence-electron chi connectivity index (χ1n) is 6.27. The molecule has 1 fully saturated rings. The number of aryl methyl sites for hydroxylation is 1. The highest BCUT2D eigenvalue weighted by Gasteiger charge is 2.29. The topological polar surface area (TPSA) is 69.3 Å². The van der Waals surface area contributed by atoms with Gasteiger partial charge >= 0.3 is 0 Å². The molecule has 7 heteroatoms. The molecule has 6 nitrogen and oxygen atoms in total. The highest BCUT2D eigenvalue weighted by molar-refractivity contribution is 7.89. The number of nitrogens with one attached hydrogen (secondary N) is 1. The number of sulfonamides is 1. The molecule has 1 aromatic rings. The zero-order valence-electron chi connectivity index (χ0n) is 11.0. The second-order valence-electron chi connectivity index (χ2n) is 4.43. The summed E-state index contributed by atoms with van der Waals surface area (Å²) in [5.41, 5.74) is 0. The van der Waals surface area contributed by atoms with Gasteiger partial charge in [-0.05, 0) is 0 Å². The predicted octanol–water partition coefficient (Wildman–Crippen LogP) is -0.0884. The van der Waals surface area contributed by atoms with Crippen molar-refractivity contribution in [1.29, 1.82) is 0 Å². The number of imidazole rings is 1. The highest BCUT2D eigenvalue weighted by Crippen LogP contribution is 2.15. The van der Waals surface area contributed by atoms with Gasteiger partial charge in [0.1, 0.15) is 5.82 Å². The van der Waals surface area contributed by atoms with Crippen LogP contribution in [0.15, 0.2) is 11.2 Å². The molecule has 0 atom stereocenters. The molecule has 1 saturated heterocycles. The fraction of sp³-hybridized carbons (Fsp3) is 0.583. The zero-order chi connectivity index (χ0) is 13.9. The van der Waals surface area contributed by atoms with E-state index in [0.717, 1.165) is 0 Å². The second kappa shape index (κ2) is 5.74. The lowest BCUT2D eigenvalue weighted by molar-refractivity contribution is 0.206. The lowest BCUT2D eigenvalue weighted by Gasteiger charge is -2.32. The van der Waals surface area contributed by atoms with Crippen LogP contribution in [0.25, 0.3) is 0 Å². The van der Waals surface area contributed by atoms with E-state index in [-0.39, 0.29) is 5.03 Å². The average Bonchev–Trinajstić information content (AvgIpc) is 2.89. The molecule has 0 radical (unpaired) electrons. The van der Waals surface area contributed by atoms with Gasteiger partial charge in [0.25, 0.3) is 10.0 Å². The van der Waals surface area contributed by atoms with Gasteiger partial charge < -0.3 is 4.98 Å². The second-order valence-corrected chi connectivity index (χ2v) is 6.34. The van der Waals surface area contributed by atoms with Gasteiger partial charge in [-0.3, -0.25) is 4.90 Å². The smallest absolute Gasteiger partial charge is 0.260 e. The van der Waals surface area contributed by atoms with Crippen molar-refractivity contribution in [3.05, 3.63) is 12.0 Å². The Labute approximate surface area is 113 Å². The van der Waals surface area contributed by atoms with Crippen molar-refractivity contribution >= 4 is 10.0 Å². The van der Waals surface area contributed by atoms with Crippen molar-refractivity contribution < 1.29 is 8.42 Å². The number of aromatic amines is 1. The van der Waals surface area contributed by atoms with E-state index in [1.807, 2.05) is 6.92 Å². The Morgan fingerprint density at radius 1 is 1.42 bits per heavy atom. The van der Waals surface area contributed by atoms with Crippen LogP contribution in [0.5, 0.6) is 0 Å². The zero-order valence-corrected chi connectivity index (χ0v) is 11.8. The SMILES string of the molecule is C#CCN1CCN(S(=O)(=O)c2cnc(CC)[nH]2)CC1. The molecule has 1 aromatic heterocycles. The molecule has 104 valence electrons. The van der Waals surface area contributed by atoms with Crippen molar-refractivity contribution in [2.24, 2.45) is 0 Å². The minimum absolute atomic E-state index is 0.176. The predicted molar refractivity (Wildman–Crippen MR) is 72.0 cm³/mol. The van der Waals surface area contributed by atoms with Crippen molar-refractivity contribution in [1.82, 2.24) is 19.2 Å². The molecule has 0 unspecified atom stereocenters. The highest BCUT2D eigenvalue weighted by atomic mass is 32.2. The van der Waals surface area contributed by atoms with Gasteiger partial charge in [0, 0.05) is 32.6 Å². The first-order chi connectivity index (χ1) is 9.07. The molecule has 0 aromatic carbocycles. The molecule has 0 saturated carbocycles. The molecule has 1 N–H and O–H groups in total. The van der Waals surface area contributed by atoms with Gasteiger partial charge in [-0.1, -0.05) is 12.8 Å². The van der Waals surface area contributed by atoms with Gasteiger partial charge in [0.2, 0.25) is 0 Å². The number of terminal acetylenes is 1. The lowest BCUT2D eigenvalue weighted by atomic mass is 10.4. The van der Waals surface area contributed by atoms with Gasteiger partial charge in [0.15, 0.2) is 5.03 Å². The number of hydrogen-bond acceptors (Lipinski definition) is 4. The maximum Gasteiger partial charge on any atom is 0.260 e. The summed E-state index contributed by atoms with van der Waals surface area (Å²) in [4.78, 5) is 8.96. The Balaban J connectivity index is 2.07. The summed E-state index contributed by atoms with van der Waals surface area (Å²) in [6.45, 7) is 4.75. The van der Waals surface area contributed by atoms with E-state index in [0.29, 0.717) is 45.0 Å². The van der Waals surface area contributed by atoms with E-state index in [4.69, 9.17) is 6.42 Å². The molecule has 1 aliphatic heterocycles. The Bertz CT molecular complexity index is 565. The van der Waals surface area contributed by atoms with E-state index >= 15 is 0 Å². The van der Waals surface area contributed by atoms with Crippen LogP contribution in [-0.4, -0.2) is 60.3 Å². The van der Waals surface area contributed by atoms with Crippen LogP contribution in [0, 0.1) is 12.3 Å². The van der Waals surface area contributed by atoms with Crippen LogP contribution in [0.2, 0.25) is 0 Å². The Hall–Kier alpha value is -1.36. The summed E-state index contributed by atoms with van der Waals surface area (Å²) in [7, 11) is -3.45. The summed E-state index contributed by atoms with van der Waals surface area (Å²) in [6.07, 6.45) is 7.33. The monoisotopic (exact) mass is 282 g/mol. The summed E-state index contributed by atoms with van der Waals surface area (Å²) in [6, 6.07) is 0. The fourth-order valence-corrected chi connectivity index (χ4v) is 3.41. The van der Waals surface area contributed by atoms with Crippen molar-refractivity contribution in [3.8, 4) is 12.3 Å². The standard InChI is InChI=1S/C12H18N4O2S/c1-3-5-15-6-8-16(9-7-15)19(17,18)12-10-13-11(4-2)14-12/h1,10H,4-9H2,2H3,(H,13,14). The third kappa shape index (κ3) is 2.97. The molecular weight excluding hydrogens is 264 g/mol. The van der Waals surface area contributed by atoms with Crippen LogP contribution in [0.1, 0.15) is 12.7 Å². The van der Waals surface area contributed by atoms with Crippen LogP contribution < -0.4 is 0 Å². The summed E-state index contributed by atoms with van der Waals surface area (Å²) < 4.78 is 26.2. The maximum absolute atomic E-state index is 12.4. The van der Waals surface area contributed by atoms with Crippen LogP contribution in [0.3, 0.4) is 0 Å². The molecular formula is C12H18N4O2S. The van der Waals surface area contributed by atoms with E-state index in [1.165, 1.54) is 10.5 Å². The maximum atomic E-state index is 12.4. The number of rotatable bonds is 4. The van der Waals surface area contributed by atoms with Crippen molar-refractivity contribution in [2.45, 2.75) is 18.4 Å². The van der Waals surface area contributed by atoms with Crippen LogP contribution in [0.4, 0.5) is 0 Å². The number of hydrogen-bond donors (Lipinski definition) is 1. The Kier molecular flexibility index (Phi) is 4.24. The Morgan fingerprint density at radius 3 is 2.63 bits per heavy atom. The van der Waals surface area contributed by atoms with Gasteiger partial charge in [-0.15, -0.1) is 6.42 Å². The first kappa shape index (κ1) is 14.1. The first-order valence-corrected chi connectivity index (χ1v) is 7.71. The minimum atomic E-state index is -3.45. The molecule has 2 rings (SSSR count). The summed E-state index contributed by atoms with van der Waals surface area (Å²) in [5, 5.41) is 0.176. The van der Waals surface area contributed by atoms with Crippen molar-refractivity contribution in [2.75, 3.05) is 32.7 Å². The number of piperazine rings is 1. The van der Waals surface area contributed by atoms with Gasteiger partial charge in [-0.25, -0.2) is 13.4 Å². The van der Waals surface area contributed by atoms with E-state index < -0.39 is 10.0 Å². The minimum Gasteiger partial charge on any atom is -0.332 e. The number of nitrogens with zero attached hydrogens (tertiary/aromatic N) is 3. The molecule has 0 bridgehead atoms. The lowest BCUT2D eigenvalue weighted by Crippen LogP contribution is -2.48. The van der Waals surface area contributed by atoms with Gasteiger partial charge in [-0.2, -0.15) is 4.31 Å². The number of aromatic nitrogens is 2. The van der Waals surface area contributed by atoms with E-state index in [9.17, 15) is 8.42 Å². The molecule has 1 aliphatic rings. The van der Waals surface area contributed by atoms with E-state index in [2.05, 4.69) is 20.8 Å². The summed E-state index contributed by atoms with van der Waals surface area (Å²) >= 11 is 0. The normalized spacial score (nSPS) is 18.3. The average molecular weight is 282 g/mol. The molecule has 0 spiro atoms. The quantitative estimate of drug-likeness (QED) is 0.784. The van der Waals surface area contributed by atoms with Crippen molar-refractivity contribution in [3.63, 3.8) is 0 Å². The molecule has 0 amide bonds. The number of H-pyrrole nitrogens is 1. The van der Waals surface area contributed by atoms with Crippen LogP contribution >= 0.6 is 0 Å². The molecule has 0 aliphatic carbocycles. The third-order valence-corrected chi connectivity index (χ3v) is 5.01. The largest absolute Gasteiger partial charge is 0.332 e.